The average molecular weight is 213 g/mol. The lowest BCUT2D eigenvalue weighted by molar-refractivity contribution is -0.180. The van der Waals surface area contributed by atoms with Crippen LogP contribution in [0.4, 0.5) is 13.2 Å². The van der Waals surface area contributed by atoms with Crippen molar-refractivity contribution in [2.75, 3.05) is 0 Å². The van der Waals surface area contributed by atoms with E-state index in [9.17, 15) is 13.2 Å². The highest BCUT2D eigenvalue weighted by molar-refractivity contribution is 5.35. The van der Waals surface area contributed by atoms with Crippen LogP contribution in [0, 0.1) is 11.3 Å². The largest absolute Gasteiger partial charge is 0.397 e. The van der Waals surface area contributed by atoms with E-state index in [0.717, 1.165) is 13.8 Å². The molecule has 1 rings (SSSR count). The summed E-state index contributed by atoms with van der Waals surface area (Å²) >= 11 is 0. The van der Waals surface area contributed by atoms with Crippen LogP contribution >= 0.6 is 0 Å². The topological polar surface area (TPSA) is 23.8 Å². The third-order valence-electron chi connectivity index (χ3n) is 2.44. The van der Waals surface area contributed by atoms with Gasteiger partial charge in [-0.25, -0.2) is 0 Å². The van der Waals surface area contributed by atoms with Crippen molar-refractivity contribution in [3.8, 4) is 6.07 Å². The Bertz CT molecular complexity index is 382. The van der Waals surface area contributed by atoms with Crippen LogP contribution in [0.25, 0.3) is 0 Å². The zero-order valence-electron chi connectivity index (χ0n) is 8.39. The van der Waals surface area contributed by atoms with Crippen LogP contribution in [0.2, 0.25) is 0 Å². The van der Waals surface area contributed by atoms with Gasteiger partial charge in [0.2, 0.25) is 0 Å². The first-order valence-corrected chi connectivity index (χ1v) is 4.36. The minimum absolute atomic E-state index is 0.161. The monoisotopic (exact) mass is 213 g/mol. The first-order valence-electron chi connectivity index (χ1n) is 4.36. The molecule has 1 aromatic rings. The molecule has 80 valence electrons. The molecule has 0 fully saturated rings. The lowest BCUT2D eigenvalue weighted by Crippen LogP contribution is -2.36. The Hall–Kier alpha value is -1.50. The molecule has 0 heterocycles. The van der Waals surface area contributed by atoms with E-state index < -0.39 is 11.6 Å². The quantitative estimate of drug-likeness (QED) is 0.701. The van der Waals surface area contributed by atoms with Crippen LogP contribution in [0.15, 0.2) is 24.3 Å². The van der Waals surface area contributed by atoms with Gasteiger partial charge in [-0.15, -0.1) is 0 Å². The van der Waals surface area contributed by atoms with E-state index in [-0.39, 0.29) is 5.56 Å². The molecule has 0 aromatic heterocycles. The van der Waals surface area contributed by atoms with Crippen molar-refractivity contribution in [2.24, 2.45) is 0 Å². The molecule has 15 heavy (non-hydrogen) atoms. The molecule has 1 nitrogen and oxygen atoms in total. The number of nitrogens with zero attached hydrogens (tertiary/aromatic N) is 1. The SMILES string of the molecule is CC(C)(c1ccc(C#N)cc1)C(F)(F)F. The first-order chi connectivity index (χ1) is 6.79. The third kappa shape index (κ3) is 2.12. The molecule has 0 saturated carbocycles. The number of hydrogen-bond donors (Lipinski definition) is 0. The van der Waals surface area contributed by atoms with Gasteiger partial charge in [0, 0.05) is 0 Å². The molecule has 0 aliphatic rings. The van der Waals surface area contributed by atoms with Crippen LogP contribution in [-0.4, -0.2) is 6.18 Å². The summed E-state index contributed by atoms with van der Waals surface area (Å²) in [4.78, 5) is 0. The number of nitriles is 1. The first kappa shape index (κ1) is 11.6. The molecule has 0 amide bonds. The Labute approximate surface area is 86.1 Å². The molecule has 4 heteroatoms. The highest BCUT2D eigenvalue weighted by Crippen LogP contribution is 2.40. The lowest BCUT2D eigenvalue weighted by Gasteiger charge is -2.28. The van der Waals surface area contributed by atoms with Crippen molar-refractivity contribution in [1.29, 1.82) is 5.26 Å². The Morgan fingerprint density at radius 3 is 1.87 bits per heavy atom. The van der Waals surface area contributed by atoms with E-state index in [1.54, 1.807) is 0 Å². The molecule has 0 atom stereocenters. The van der Waals surface area contributed by atoms with E-state index in [1.165, 1.54) is 24.3 Å². The van der Waals surface area contributed by atoms with Crippen LogP contribution < -0.4 is 0 Å². The number of alkyl halides is 3. The molecule has 0 bridgehead atoms. The van der Waals surface area contributed by atoms with Gasteiger partial charge in [0.15, 0.2) is 0 Å². The maximum Gasteiger partial charge on any atom is 0.397 e. The van der Waals surface area contributed by atoms with Gasteiger partial charge in [0.1, 0.15) is 0 Å². The Morgan fingerprint density at radius 1 is 1.07 bits per heavy atom. The fraction of sp³-hybridized carbons (Fsp3) is 0.364. The second kappa shape index (κ2) is 3.58. The maximum absolute atomic E-state index is 12.6. The van der Waals surface area contributed by atoms with Crippen LogP contribution in [0.5, 0.6) is 0 Å². The second-order valence-electron chi connectivity index (χ2n) is 3.81. The van der Waals surface area contributed by atoms with Crippen LogP contribution in [0.1, 0.15) is 25.0 Å². The van der Waals surface area contributed by atoms with Crippen LogP contribution in [0.3, 0.4) is 0 Å². The Balaban J connectivity index is 3.13. The van der Waals surface area contributed by atoms with Crippen molar-refractivity contribution in [3.05, 3.63) is 35.4 Å². The summed E-state index contributed by atoms with van der Waals surface area (Å²) in [6.45, 7) is 2.24. The molecular weight excluding hydrogens is 203 g/mol. The molecular formula is C11H10F3N. The van der Waals surface area contributed by atoms with E-state index in [2.05, 4.69) is 0 Å². The zero-order chi connectivity index (χ0) is 11.7. The lowest BCUT2D eigenvalue weighted by atomic mass is 9.84. The van der Waals surface area contributed by atoms with Gasteiger partial charge >= 0.3 is 6.18 Å². The predicted octanol–water partition coefficient (Wildman–Crippen LogP) is 3.40. The summed E-state index contributed by atoms with van der Waals surface area (Å²) in [5.41, 5.74) is -1.37. The van der Waals surface area contributed by atoms with E-state index in [0.29, 0.717) is 5.56 Å². The summed E-state index contributed by atoms with van der Waals surface area (Å²) in [5.74, 6) is 0. The minimum Gasteiger partial charge on any atom is -0.192 e. The van der Waals surface area contributed by atoms with Crippen molar-refractivity contribution in [3.63, 3.8) is 0 Å². The van der Waals surface area contributed by atoms with Crippen LogP contribution in [-0.2, 0) is 5.41 Å². The molecule has 1 aromatic carbocycles. The molecule has 0 unspecified atom stereocenters. The Morgan fingerprint density at radius 2 is 1.53 bits per heavy atom. The van der Waals surface area contributed by atoms with Crippen molar-refractivity contribution in [2.45, 2.75) is 25.4 Å². The number of halogens is 3. The van der Waals surface area contributed by atoms with Gasteiger partial charge in [-0.3, -0.25) is 0 Å². The summed E-state index contributed by atoms with van der Waals surface area (Å²) in [7, 11) is 0. The normalized spacial score (nSPS) is 12.3. The zero-order valence-corrected chi connectivity index (χ0v) is 8.39. The standard InChI is InChI=1S/C11H10F3N/c1-10(2,11(12,13)14)9-5-3-8(7-15)4-6-9/h3-6H,1-2H3. The van der Waals surface area contributed by atoms with Gasteiger partial charge in [-0.05, 0) is 31.5 Å². The maximum atomic E-state index is 12.6. The predicted molar refractivity (Wildman–Crippen MR) is 50.2 cm³/mol. The highest BCUT2D eigenvalue weighted by atomic mass is 19.4. The molecule has 0 saturated heterocycles. The van der Waals surface area contributed by atoms with Crippen molar-refractivity contribution in [1.82, 2.24) is 0 Å². The van der Waals surface area contributed by atoms with Gasteiger partial charge in [-0.2, -0.15) is 18.4 Å². The van der Waals surface area contributed by atoms with Crippen molar-refractivity contribution < 1.29 is 13.2 Å². The van der Waals surface area contributed by atoms with E-state index >= 15 is 0 Å². The number of benzene rings is 1. The number of rotatable bonds is 1. The highest BCUT2D eigenvalue weighted by Gasteiger charge is 2.48. The molecule has 0 aliphatic heterocycles. The fourth-order valence-corrected chi connectivity index (χ4v) is 1.13. The molecule has 0 spiro atoms. The Kier molecular flexibility index (Phi) is 2.76. The van der Waals surface area contributed by atoms with Gasteiger partial charge < -0.3 is 0 Å². The van der Waals surface area contributed by atoms with Gasteiger partial charge in [0.25, 0.3) is 0 Å². The third-order valence-corrected chi connectivity index (χ3v) is 2.44. The molecule has 0 N–H and O–H groups in total. The van der Waals surface area contributed by atoms with Crippen molar-refractivity contribution >= 4 is 0 Å². The fourth-order valence-electron chi connectivity index (χ4n) is 1.13. The summed E-state index contributed by atoms with van der Waals surface area (Å²) in [5, 5.41) is 8.52. The van der Waals surface area contributed by atoms with Gasteiger partial charge in [-0.1, -0.05) is 12.1 Å². The van der Waals surface area contributed by atoms with E-state index in [1.807, 2.05) is 6.07 Å². The smallest absolute Gasteiger partial charge is 0.192 e. The molecule has 0 aliphatic carbocycles. The average Bonchev–Trinajstić information content (AvgIpc) is 2.16. The number of hydrogen-bond acceptors (Lipinski definition) is 1. The van der Waals surface area contributed by atoms with Gasteiger partial charge in [0.05, 0.1) is 17.0 Å². The van der Waals surface area contributed by atoms with E-state index in [4.69, 9.17) is 5.26 Å². The summed E-state index contributed by atoms with van der Waals surface area (Å²) in [6.07, 6.45) is -4.29. The molecule has 0 radical (unpaired) electrons. The summed E-state index contributed by atoms with van der Waals surface area (Å²) < 4.78 is 37.9. The summed E-state index contributed by atoms with van der Waals surface area (Å²) in [6, 6.07) is 7.33. The second-order valence-corrected chi connectivity index (χ2v) is 3.81. The minimum atomic E-state index is -4.29.